The van der Waals surface area contributed by atoms with E-state index in [0.29, 0.717) is 12.0 Å². The zero-order valence-corrected chi connectivity index (χ0v) is 21.8. The van der Waals surface area contributed by atoms with E-state index in [1.54, 1.807) is 0 Å². The molecule has 0 bridgehead atoms. The zero-order valence-electron chi connectivity index (χ0n) is 21.8. The Kier molecular flexibility index (Phi) is 5.86. The summed E-state index contributed by atoms with van der Waals surface area (Å²) in [7, 11) is 3.23. The first kappa shape index (κ1) is 24.1. The van der Waals surface area contributed by atoms with Crippen LogP contribution in [0.15, 0.2) is 54.9 Å². The highest BCUT2D eigenvalue weighted by atomic mass is 19.1. The van der Waals surface area contributed by atoms with E-state index in [1.165, 1.54) is 13.2 Å². The van der Waals surface area contributed by atoms with Crippen molar-refractivity contribution >= 4 is 34.1 Å². The highest BCUT2D eigenvalue weighted by Crippen LogP contribution is 2.51. The number of rotatable bonds is 4. The molecule has 0 amide bonds. The van der Waals surface area contributed by atoms with E-state index in [0.717, 1.165) is 75.4 Å². The normalized spacial score (nSPS) is 19.8. The van der Waals surface area contributed by atoms with E-state index in [2.05, 4.69) is 33.8 Å². The number of hydrogen-bond acceptors (Lipinski definition) is 6. The van der Waals surface area contributed by atoms with Crippen molar-refractivity contribution in [1.29, 1.82) is 0 Å². The van der Waals surface area contributed by atoms with Crippen molar-refractivity contribution in [2.24, 2.45) is 24.8 Å². The van der Waals surface area contributed by atoms with E-state index < -0.39 is 0 Å². The summed E-state index contributed by atoms with van der Waals surface area (Å²) in [6.07, 6.45) is 3.86. The van der Waals surface area contributed by atoms with Crippen molar-refractivity contribution in [3.05, 3.63) is 66.2 Å². The van der Waals surface area contributed by atoms with Gasteiger partial charge in [0.05, 0.1) is 30.0 Å². The van der Waals surface area contributed by atoms with Crippen molar-refractivity contribution in [1.82, 2.24) is 24.5 Å². The Morgan fingerprint density at radius 3 is 2.50 bits per heavy atom. The number of pyridine rings is 1. The van der Waals surface area contributed by atoms with Gasteiger partial charge in [0.25, 0.3) is 6.47 Å². The van der Waals surface area contributed by atoms with Crippen LogP contribution in [0, 0.1) is 30.5 Å². The molecule has 194 valence electrons. The van der Waals surface area contributed by atoms with Crippen molar-refractivity contribution in [2.75, 3.05) is 25.1 Å². The van der Waals surface area contributed by atoms with Crippen LogP contribution >= 0.6 is 0 Å². The summed E-state index contributed by atoms with van der Waals surface area (Å²) < 4.78 is 22.2. The predicted octanol–water partition coefficient (Wildman–Crippen LogP) is 4.91. The summed E-state index contributed by atoms with van der Waals surface area (Å²) in [6, 6.07) is 13.5. The maximum atomic E-state index is 14.7. The summed E-state index contributed by atoms with van der Waals surface area (Å²) in [5, 5.41) is 11.5. The summed E-state index contributed by atoms with van der Waals surface area (Å²) in [4.78, 5) is 16.1. The van der Waals surface area contributed by atoms with Gasteiger partial charge < -0.3 is 9.64 Å². The fourth-order valence-corrected chi connectivity index (χ4v) is 5.80. The number of halogens is 1. The average molecular weight is 513 g/mol. The highest BCUT2D eigenvalue weighted by molar-refractivity contribution is 6.03. The molecule has 0 spiro atoms. The fraction of sp³-hybridized carbons (Fsp3) is 0.310. The largest absolute Gasteiger partial charge is 0.471 e. The van der Waals surface area contributed by atoms with Crippen LogP contribution in [0.4, 0.5) is 10.2 Å². The molecule has 1 saturated carbocycles. The molecule has 2 unspecified atom stereocenters. The molecule has 1 saturated heterocycles. The Bertz CT molecular complexity index is 1650. The molecule has 2 aromatic carbocycles. The van der Waals surface area contributed by atoms with Crippen LogP contribution in [0.1, 0.15) is 12.5 Å². The van der Waals surface area contributed by atoms with Gasteiger partial charge in [0.15, 0.2) is 0 Å². The number of ether oxygens (including phenoxy) is 1. The summed E-state index contributed by atoms with van der Waals surface area (Å²) in [5.41, 5.74) is 4.87. The van der Waals surface area contributed by atoms with Gasteiger partial charge in [-0.15, -0.1) is 0 Å². The quantitative estimate of drug-likeness (QED) is 0.319. The third kappa shape index (κ3) is 3.89. The molecule has 4 heterocycles. The second-order valence-electron chi connectivity index (χ2n) is 10.2. The lowest BCUT2D eigenvalue weighted by atomic mass is 10.0. The number of methoxy groups -OCH3 is 1. The molecular formula is C29H29FN6O2. The molecule has 5 aromatic rings. The zero-order chi connectivity index (χ0) is 26.6. The second kappa shape index (κ2) is 9.24. The van der Waals surface area contributed by atoms with Crippen molar-refractivity contribution < 1.29 is 13.9 Å². The van der Waals surface area contributed by atoms with E-state index in [-0.39, 0.29) is 5.82 Å². The summed E-state index contributed by atoms with van der Waals surface area (Å²) in [5.74, 6) is 3.25. The van der Waals surface area contributed by atoms with Gasteiger partial charge in [0.1, 0.15) is 17.3 Å². The minimum atomic E-state index is -0.241. The lowest BCUT2D eigenvalue weighted by Crippen LogP contribution is -2.24. The number of carbonyl (C=O) groups excluding carboxylic acids is 1. The van der Waals surface area contributed by atoms with Crippen LogP contribution < -0.4 is 4.90 Å². The second-order valence-corrected chi connectivity index (χ2v) is 10.2. The van der Waals surface area contributed by atoms with Crippen molar-refractivity contribution in [3.8, 4) is 16.9 Å². The van der Waals surface area contributed by atoms with Crippen molar-refractivity contribution in [2.45, 2.75) is 13.8 Å². The van der Waals surface area contributed by atoms with Crippen molar-refractivity contribution in [3.63, 3.8) is 0 Å². The Hall–Kier alpha value is -4.27. The number of nitrogens with zero attached hydrogens (tertiary/aromatic N) is 6. The Balaban J connectivity index is 0.000000620. The van der Waals surface area contributed by atoms with Crippen LogP contribution in [0.2, 0.25) is 0 Å². The molecule has 0 radical (unpaired) electrons. The molecular weight excluding hydrogens is 483 g/mol. The molecule has 3 atom stereocenters. The number of benzene rings is 2. The molecule has 1 aliphatic heterocycles. The van der Waals surface area contributed by atoms with E-state index in [9.17, 15) is 4.39 Å². The van der Waals surface area contributed by atoms with Gasteiger partial charge in [0.2, 0.25) is 0 Å². The van der Waals surface area contributed by atoms with Gasteiger partial charge in [-0.2, -0.15) is 10.2 Å². The Morgan fingerprint density at radius 2 is 1.82 bits per heavy atom. The summed E-state index contributed by atoms with van der Waals surface area (Å²) >= 11 is 0. The Labute approximate surface area is 219 Å². The molecule has 8 nitrogen and oxygen atoms in total. The number of hydrogen-bond donors (Lipinski definition) is 0. The third-order valence-corrected chi connectivity index (χ3v) is 7.97. The predicted molar refractivity (Wildman–Crippen MR) is 145 cm³/mol. The SMILES string of the molecule is COC=O.Cc1c(F)ccc2c(-c3cccc4nn(C)cc34)nn(-c3ccc(N4CC5C(C)[C@H]5C4)nc3)c12. The topological polar surface area (TPSA) is 78.1 Å². The number of piperidine rings is 1. The van der Waals surface area contributed by atoms with Crippen LogP contribution in [0.25, 0.3) is 38.8 Å². The monoisotopic (exact) mass is 512 g/mol. The summed E-state index contributed by atoms with van der Waals surface area (Å²) in [6.45, 7) is 6.71. The van der Waals surface area contributed by atoms with Gasteiger partial charge in [-0.1, -0.05) is 19.1 Å². The minimum Gasteiger partial charge on any atom is -0.471 e. The van der Waals surface area contributed by atoms with Gasteiger partial charge in [0, 0.05) is 48.2 Å². The van der Waals surface area contributed by atoms with Gasteiger partial charge in [-0.25, -0.2) is 14.1 Å². The number of anilines is 1. The highest BCUT2D eigenvalue weighted by Gasteiger charge is 2.52. The van der Waals surface area contributed by atoms with Crippen LogP contribution in [0.5, 0.6) is 0 Å². The lowest BCUT2D eigenvalue weighted by molar-refractivity contribution is -0.126. The lowest BCUT2D eigenvalue weighted by Gasteiger charge is -2.20. The van der Waals surface area contributed by atoms with E-state index in [1.807, 2.05) is 60.0 Å². The van der Waals surface area contributed by atoms with Crippen LogP contribution in [-0.2, 0) is 16.6 Å². The fourth-order valence-electron chi connectivity index (χ4n) is 5.80. The molecule has 9 heteroatoms. The van der Waals surface area contributed by atoms with Crippen LogP contribution in [0.3, 0.4) is 0 Å². The Morgan fingerprint density at radius 1 is 1.05 bits per heavy atom. The van der Waals surface area contributed by atoms with Gasteiger partial charge in [-0.05, 0) is 55.0 Å². The average Bonchev–Trinajstić information content (AvgIpc) is 3.37. The number of carbonyl (C=O) groups is 1. The molecule has 2 aliphatic rings. The molecule has 7 rings (SSSR count). The maximum absolute atomic E-state index is 14.7. The molecule has 1 aliphatic carbocycles. The number of aryl methyl sites for hydroxylation is 2. The first-order valence-corrected chi connectivity index (χ1v) is 12.7. The third-order valence-electron chi connectivity index (χ3n) is 7.97. The molecule has 38 heavy (non-hydrogen) atoms. The minimum absolute atomic E-state index is 0.241. The first-order chi connectivity index (χ1) is 18.4. The molecule has 0 N–H and O–H groups in total. The maximum Gasteiger partial charge on any atom is 0.292 e. The molecule has 2 fully saturated rings. The van der Waals surface area contributed by atoms with E-state index >= 15 is 0 Å². The number of fused-ring (bicyclic) bond motifs is 3. The smallest absolute Gasteiger partial charge is 0.292 e. The van der Waals surface area contributed by atoms with E-state index in [4.69, 9.17) is 14.9 Å². The first-order valence-electron chi connectivity index (χ1n) is 12.7. The van der Waals surface area contributed by atoms with Gasteiger partial charge >= 0.3 is 0 Å². The standard InChI is InChI=1S/C27H25FN6.C2H4O2/c1-15-20-13-33(14-21(15)20)25-10-7-17(11-29-25)34-27-16(2)23(28)9-8-19(27)26(31-34)18-5-4-6-24-22(18)12-32(3)30-24;1-4-2-3/h4-12,15,20-21H,13-14H2,1-3H3;2H,1H3/t15?,20-,21?;/m1./s1. The van der Waals surface area contributed by atoms with Crippen LogP contribution in [-0.4, -0.2) is 51.2 Å². The number of aromatic nitrogens is 5. The van der Waals surface area contributed by atoms with Gasteiger partial charge in [-0.3, -0.25) is 9.48 Å². The molecule has 3 aromatic heterocycles.